The third-order valence-electron chi connectivity index (χ3n) is 7.36. The van der Waals surface area contributed by atoms with Gasteiger partial charge in [0.25, 0.3) is 0 Å². The standard InChI is InChI=1S/C35H25ClN2OSe/c1-22-11-20-31(38-29-7-3-5-9-32(29)40-33-10-6-4-8-30(33)38)35-34(22)27(23-14-18-26(39-2)19-15-23)21-28(37-35)24-12-16-25(36)17-13-24/h3-21H,1-2H3. The molecule has 1 aliphatic rings. The summed E-state index contributed by atoms with van der Waals surface area (Å²) in [6.45, 7) is 2.17. The molecule has 1 aromatic heterocycles. The first kappa shape index (κ1) is 24.9. The van der Waals surface area contributed by atoms with Crippen LogP contribution in [0.3, 0.4) is 0 Å². The van der Waals surface area contributed by atoms with E-state index in [1.165, 1.54) is 25.9 Å². The van der Waals surface area contributed by atoms with Gasteiger partial charge in [0.05, 0.1) is 7.11 Å². The molecular weight excluding hydrogens is 579 g/mol. The molecule has 194 valence electrons. The fraction of sp³-hybridized carbons (Fsp3) is 0.0571. The summed E-state index contributed by atoms with van der Waals surface area (Å²) < 4.78 is 8.19. The van der Waals surface area contributed by atoms with Crippen LogP contribution in [0.2, 0.25) is 5.02 Å². The van der Waals surface area contributed by atoms with Crippen molar-refractivity contribution in [3.8, 4) is 28.1 Å². The molecule has 5 aromatic carbocycles. The number of rotatable bonds is 4. The van der Waals surface area contributed by atoms with Crippen LogP contribution in [0.5, 0.6) is 5.75 Å². The summed E-state index contributed by atoms with van der Waals surface area (Å²) in [7, 11) is 1.70. The van der Waals surface area contributed by atoms with Crippen LogP contribution in [-0.2, 0) is 0 Å². The monoisotopic (exact) mass is 604 g/mol. The Kier molecular flexibility index (Phi) is 6.32. The van der Waals surface area contributed by atoms with Crippen LogP contribution in [-0.4, -0.2) is 27.1 Å². The Morgan fingerprint density at radius 3 is 1.98 bits per heavy atom. The van der Waals surface area contributed by atoms with Gasteiger partial charge in [-0.3, -0.25) is 0 Å². The molecule has 0 unspecified atom stereocenters. The van der Waals surface area contributed by atoms with Crippen molar-refractivity contribution < 1.29 is 4.74 Å². The van der Waals surface area contributed by atoms with Crippen molar-refractivity contribution >= 4 is 63.4 Å². The minimum absolute atomic E-state index is 0.236. The van der Waals surface area contributed by atoms with E-state index in [4.69, 9.17) is 21.3 Å². The molecule has 0 aliphatic carbocycles. The van der Waals surface area contributed by atoms with Gasteiger partial charge in [0.15, 0.2) is 0 Å². The summed E-state index contributed by atoms with van der Waals surface area (Å²) in [6, 6.07) is 40.3. The maximum absolute atomic E-state index is 6.26. The Morgan fingerprint density at radius 1 is 0.700 bits per heavy atom. The van der Waals surface area contributed by atoms with Gasteiger partial charge in [-0.05, 0) is 0 Å². The third-order valence-corrected chi connectivity index (χ3v) is 9.99. The summed E-state index contributed by atoms with van der Waals surface area (Å²) in [5.74, 6) is 0.834. The third kappa shape index (κ3) is 4.26. The number of hydrogen-bond acceptors (Lipinski definition) is 3. The summed E-state index contributed by atoms with van der Waals surface area (Å²) in [4.78, 5) is 7.77. The van der Waals surface area contributed by atoms with Crippen LogP contribution in [0.15, 0.2) is 115 Å². The predicted molar refractivity (Wildman–Crippen MR) is 169 cm³/mol. The number of pyridine rings is 1. The molecule has 40 heavy (non-hydrogen) atoms. The number of fused-ring (bicyclic) bond motifs is 3. The zero-order valence-corrected chi connectivity index (χ0v) is 24.5. The number of hydrogen-bond donors (Lipinski definition) is 0. The second-order valence-electron chi connectivity index (χ2n) is 9.79. The average Bonchev–Trinajstić information content (AvgIpc) is 3.00. The molecule has 1 aliphatic heterocycles. The number of para-hydroxylation sites is 2. The quantitative estimate of drug-likeness (QED) is 0.191. The fourth-order valence-corrected chi connectivity index (χ4v) is 7.75. The van der Waals surface area contributed by atoms with E-state index in [9.17, 15) is 0 Å². The van der Waals surface area contributed by atoms with Crippen molar-refractivity contribution in [2.75, 3.05) is 12.0 Å². The molecule has 0 atom stereocenters. The average molecular weight is 604 g/mol. The van der Waals surface area contributed by atoms with E-state index < -0.39 is 0 Å². The van der Waals surface area contributed by atoms with Crippen LogP contribution in [0, 0.1) is 6.92 Å². The molecule has 0 radical (unpaired) electrons. The van der Waals surface area contributed by atoms with Crippen molar-refractivity contribution in [1.82, 2.24) is 4.98 Å². The van der Waals surface area contributed by atoms with E-state index in [1.54, 1.807) is 7.11 Å². The fourth-order valence-electron chi connectivity index (χ4n) is 5.41. The van der Waals surface area contributed by atoms with E-state index in [1.807, 2.05) is 36.4 Å². The first-order chi connectivity index (χ1) is 19.6. The first-order valence-corrected chi connectivity index (χ1v) is 15.2. The Labute approximate surface area is 245 Å². The number of aryl methyl sites for hydroxylation is 1. The molecule has 0 N–H and O–H groups in total. The topological polar surface area (TPSA) is 25.4 Å². The summed E-state index contributed by atoms with van der Waals surface area (Å²) >= 11 is 6.49. The van der Waals surface area contributed by atoms with Gasteiger partial charge >= 0.3 is 239 Å². The molecule has 0 saturated carbocycles. The van der Waals surface area contributed by atoms with Gasteiger partial charge in [0.1, 0.15) is 0 Å². The normalized spacial score (nSPS) is 12.2. The van der Waals surface area contributed by atoms with Crippen molar-refractivity contribution in [3.63, 3.8) is 0 Å². The summed E-state index contributed by atoms with van der Waals surface area (Å²) in [5, 5.41) is 1.85. The number of nitrogens with zero attached hydrogens (tertiary/aromatic N) is 2. The molecular formula is C35H25ClN2OSe. The van der Waals surface area contributed by atoms with Gasteiger partial charge < -0.3 is 0 Å². The molecule has 0 fully saturated rings. The molecule has 2 heterocycles. The minimum atomic E-state index is 0.236. The maximum atomic E-state index is 6.26. The van der Waals surface area contributed by atoms with Crippen LogP contribution in [0.25, 0.3) is 33.3 Å². The van der Waals surface area contributed by atoms with Gasteiger partial charge in [-0.25, -0.2) is 0 Å². The van der Waals surface area contributed by atoms with Gasteiger partial charge in [-0.1, -0.05) is 0 Å². The number of anilines is 3. The number of aromatic nitrogens is 1. The van der Waals surface area contributed by atoms with Gasteiger partial charge in [-0.15, -0.1) is 0 Å². The molecule has 5 heteroatoms. The molecule has 0 spiro atoms. The van der Waals surface area contributed by atoms with Gasteiger partial charge in [0, 0.05) is 0 Å². The van der Waals surface area contributed by atoms with E-state index in [0.717, 1.165) is 44.7 Å². The number of methoxy groups -OCH3 is 1. The summed E-state index contributed by atoms with van der Waals surface area (Å²) in [6.07, 6.45) is 0. The summed E-state index contributed by atoms with van der Waals surface area (Å²) in [5.41, 5.74) is 9.85. The van der Waals surface area contributed by atoms with Crippen molar-refractivity contribution in [2.24, 2.45) is 0 Å². The second kappa shape index (κ2) is 10.1. The molecule has 7 rings (SSSR count). The van der Waals surface area contributed by atoms with E-state index in [0.29, 0.717) is 5.02 Å². The van der Waals surface area contributed by atoms with Crippen LogP contribution >= 0.6 is 11.6 Å². The predicted octanol–water partition coefficient (Wildman–Crippen LogP) is 7.98. The van der Waals surface area contributed by atoms with Crippen LogP contribution < -0.4 is 18.6 Å². The van der Waals surface area contributed by atoms with Crippen molar-refractivity contribution in [2.45, 2.75) is 6.92 Å². The van der Waals surface area contributed by atoms with E-state index in [2.05, 4.69) is 90.7 Å². The molecule has 6 aromatic rings. The zero-order valence-electron chi connectivity index (χ0n) is 22.1. The molecule has 0 saturated heterocycles. The van der Waals surface area contributed by atoms with Gasteiger partial charge in [0.2, 0.25) is 0 Å². The number of ether oxygens (including phenoxy) is 1. The second-order valence-corrected chi connectivity index (χ2v) is 12.5. The van der Waals surface area contributed by atoms with Crippen LogP contribution in [0.4, 0.5) is 17.1 Å². The Bertz CT molecular complexity index is 1840. The Morgan fingerprint density at radius 2 is 1.32 bits per heavy atom. The number of benzene rings is 5. The Balaban J connectivity index is 1.56. The van der Waals surface area contributed by atoms with E-state index in [-0.39, 0.29) is 15.0 Å². The van der Waals surface area contributed by atoms with Crippen LogP contribution in [0.1, 0.15) is 5.56 Å². The van der Waals surface area contributed by atoms with Crippen molar-refractivity contribution in [3.05, 3.63) is 126 Å². The molecule has 3 nitrogen and oxygen atoms in total. The zero-order chi connectivity index (χ0) is 27.2. The van der Waals surface area contributed by atoms with E-state index >= 15 is 0 Å². The first-order valence-electron chi connectivity index (χ1n) is 13.1. The Hall–Kier alpha value is -4.08. The number of halogens is 1. The SMILES string of the molecule is COc1ccc(-c2cc(-c3ccc(Cl)cc3)nc3c(N4c5ccccc5[Se]c5ccccc54)ccc(C)c23)cc1. The molecule has 0 amide bonds. The molecule has 0 bridgehead atoms. The van der Waals surface area contributed by atoms with Crippen molar-refractivity contribution in [1.29, 1.82) is 0 Å². The van der Waals surface area contributed by atoms with Gasteiger partial charge in [-0.2, -0.15) is 0 Å².